The first kappa shape index (κ1) is 24.2. The van der Waals surface area contributed by atoms with E-state index < -0.39 is 17.8 Å². The molecule has 2 atom stereocenters. The smallest absolute Gasteiger partial charge is 0.393 e. The number of hydrogen-bond acceptors (Lipinski definition) is 7. The number of amides is 1. The zero-order valence-electron chi connectivity index (χ0n) is 19.3. The van der Waals surface area contributed by atoms with Gasteiger partial charge in [-0.25, -0.2) is 9.97 Å². The molecule has 2 aliphatic rings. The molecule has 2 aromatic heterocycles. The molecule has 0 radical (unpaired) electrons. The Morgan fingerprint density at radius 3 is 2.67 bits per heavy atom. The highest BCUT2D eigenvalue weighted by Gasteiger charge is 2.36. The van der Waals surface area contributed by atoms with Gasteiger partial charge < -0.3 is 20.1 Å². The lowest BCUT2D eigenvalue weighted by Crippen LogP contribution is -2.41. The molecule has 9 nitrogen and oxygen atoms in total. The summed E-state index contributed by atoms with van der Waals surface area (Å²) in [7, 11) is 0. The minimum absolute atomic E-state index is 0.00552. The van der Waals surface area contributed by atoms with Gasteiger partial charge in [0.15, 0.2) is 0 Å². The monoisotopic (exact) mass is 502 g/mol. The number of carbonyl (C=O) groups is 1. The molecule has 2 fully saturated rings. The van der Waals surface area contributed by atoms with Crippen molar-refractivity contribution in [3.8, 4) is 11.3 Å². The molecular formula is C24H25F3N6O3. The number of halogens is 3. The summed E-state index contributed by atoms with van der Waals surface area (Å²) in [5.41, 5.74) is 0.227. The van der Waals surface area contributed by atoms with Crippen LogP contribution >= 0.6 is 0 Å². The molecule has 2 unspecified atom stereocenters. The number of rotatable bonds is 5. The van der Waals surface area contributed by atoms with Gasteiger partial charge in [-0.3, -0.25) is 9.48 Å². The van der Waals surface area contributed by atoms with Gasteiger partial charge in [0.1, 0.15) is 12.2 Å². The first-order chi connectivity index (χ1) is 17.3. The van der Waals surface area contributed by atoms with Crippen LogP contribution in [0.1, 0.15) is 37.3 Å². The van der Waals surface area contributed by atoms with Crippen LogP contribution in [0.2, 0.25) is 0 Å². The van der Waals surface area contributed by atoms with Crippen LogP contribution < -0.4 is 10.2 Å². The van der Waals surface area contributed by atoms with Gasteiger partial charge in [0, 0.05) is 35.9 Å². The number of ether oxygens (including phenoxy) is 1. The van der Waals surface area contributed by atoms with E-state index in [1.807, 2.05) is 0 Å². The Bertz CT molecular complexity index is 1230. The Morgan fingerprint density at radius 2 is 1.94 bits per heavy atom. The van der Waals surface area contributed by atoms with Crippen LogP contribution in [0.3, 0.4) is 0 Å². The Hall–Kier alpha value is -3.51. The van der Waals surface area contributed by atoms with Crippen LogP contribution in [0.15, 0.2) is 42.9 Å². The average Bonchev–Trinajstić information content (AvgIpc) is 3.35. The molecule has 1 amide bonds. The molecule has 5 rings (SSSR count). The summed E-state index contributed by atoms with van der Waals surface area (Å²) in [6.45, 7) is 0.927. The van der Waals surface area contributed by atoms with Gasteiger partial charge in [-0.2, -0.15) is 18.3 Å². The second kappa shape index (κ2) is 9.86. The standard InChI is InChI=1S/C24H25F3N6O3/c25-24(26,27)20-12-28-23(30-16-4-6-17(7-5-16)32-8-9-36-14-21(32)35)31-22(20)15-11-29-33(13-15)18-2-1-3-19(34)10-18/h4-7,11-13,18-19,34H,1-3,8-10,14H2,(H,28,30,31). The Morgan fingerprint density at radius 1 is 1.14 bits per heavy atom. The molecule has 1 aliphatic heterocycles. The number of anilines is 3. The van der Waals surface area contributed by atoms with Crippen molar-refractivity contribution in [3.05, 3.63) is 48.4 Å². The van der Waals surface area contributed by atoms with E-state index >= 15 is 0 Å². The molecule has 12 heteroatoms. The van der Waals surface area contributed by atoms with Crippen LogP contribution in [0.5, 0.6) is 0 Å². The lowest BCUT2D eigenvalue weighted by molar-refractivity contribution is -0.137. The number of alkyl halides is 3. The van der Waals surface area contributed by atoms with E-state index in [0.717, 1.165) is 19.0 Å². The second-order valence-corrected chi connectivity index (χ2v) is 8.91. The topological polar surface area (TPSA) is 105 Å². The summed E-state index contributed by atoms with van der Waals surface area (Å²) in [4.78, 5) is 21.7. The summed E-state index contributed by atoms with van der Waals surface area (Å²) >= 11 is 0. The summed E-state index contributed by atoms with van der Waals surface area (Å²) in [5.74, 6) is -0.144. The number of aromatic nitrogens is 4. The molecule has 0 bridgehead atoms. The molecule has 190 valence electrons. The number of nitrogens with one attached hydrogen (secondary N) is 1. The maximum Gasteiger partial charge on any atom is 0.419 e. The number of nitrogens with zero attached hydrogens (tertiary/aromatic N) is 5. The van der Waals surface area contributed by atoms with Crippen molar-refractivity contribution in [2.75, 3.05) is 30.0 Å². The van der Waals surface area contributed by atoms with Gasteiger partial charge in [-0.15, -0.1) is 0 Å². The first-order valence-corrected chi connectivity index (χ1v) is 11.7. The Labute approximate surface area is 204 Å². The van der Waals surface area contributed by atoms with E-state index in [0.29, 0.717) is 37.4 Å². The largest absolute Gasteiger partial charge is 0.419 e. The number of morpholine rings is 1. The molecule has 3 heterocycles. The fraction of sp³-hybridized carbons (Fsp3) is 0.417. The molecule has 1 aromatic carbocycles. The van der Waals surface area contributed by atoms with Gasteiger partial charge in [-0.1, -0.05) is 0 Å². The van der Waals surface area contributed by atoms with Crippen molar-refractivity contribution in [3.63, 3.8) is 0 Å². The highest BCUT2D eigenvalue weighted by Crippen LogP contribution is 2.37. The molecule has 3 aromatic rings. The quantitative estimate of drug-likeness (QED) is 0.545. The number of aliphatic hydroxyl groups excluding tert-OH is 1. The highest BCUT2D eigenvalue weighted by atomic mass is 19.4. The normalized spacial score (nSPS) is 21.0. The van der Waals surface area contributed by atoms with Crippen molar-refractivity contribution >= 4 is 23.2 Å². The van der Waals surface area contributed by atoms with E-state index in [-0.39, 0.29) is 35.8 Å². The number of aliphatic hydroxyl groups is 1. The molecular weight excluding hydrogens is 477 g/mol. The van der Waals surface area contributed by atoms with E-state index in [1.54, 1.807) is 33.8 Å². The minimum Gasteiger partial charge on any atom is -0.393 e. The summed E-state index contributed by atoms with van der Waals surface area (Å²) < 4.78 is 48.0. The third-order valence-corrected chi connectivity index (χ3v) is 6.38. The molecule has 1 aliphatic carbocycles. The van der Waals surface area contributed by atoms with E-state index in [2.05, 4.69) is 20.4 Å². The molecule has 1 saturated heterocycles. The molecule has 2 N–H and O–H groups in total. The Balaban J connectivity index is 1.39. The van der Waals surface area contributed by atoms with E-state index in [1.165, 1.54) is 12.4 Å². The predicted octanol–water partition coefficient (Wildman–Crippen LogP) is 3.94. The SMILES string of the molecule is O=C1COCCN1c1ccc(Nc2ncc(C(F)(F)F)c(-c3cnn(C4CCCC(O)C4)c3)n2)cc1. The third kappa shape index (κ3) is 5.19. The zero-order chi connectivity index (χ0) is 25.3. The van der Waals surface area contributed by atoms with Crippen LogP contribution in [-0.2, 0) is 15.7 Å². The van der Waals surface area contributed by atoms with Gasteiger partial charge >= 0.3 is 6.18 Å². The van der Waals surface area contributed by atoms with Crippen molar-refractivity contribution in [2.45, 2.75) is 44.0 Å². The maximum atomic E-state index is 13.8. The van der Waals surface area contributed by atoms with E-state index in [4.69, 9.17) is 4.74 Å². The van der Waals surface area contributed by atoms with Crippen LogP contribution in [0.25, 0.3) is 11.3 Å². The lowest BCUT2D eigenvalue weighted by atomic mass is 9.93. The number of benzene rings is 1. The van der Waals surface area contributed by atoms with Gasteiger partial charge in [0.2, 0.25) is 5.95 Å². The van der Waals surface area contributed by atoms with Crippen LogP contribution in [0.4, 0.5) is 30.5 Å². The number of hydrogen-bond donors (Lipinski definition) is 2. The Kier molecular flexibility index (Phi) is 6.63. The van der Waals surface area contributed by atoms with Gasteiger partial charge in [0.05, 0.1) is 30.6 Å². The van der Waals surface area contributed by atoms with Crippen LogP contribution in [-0.4, -0.2) is 56.6 Å². The summed E-state index contributed by atoms with van der Waals surface area (Å²) in [6.07, 6.45) is 1.42. The fourth-order valence-corrected chi connectivity index (χ4v) is 4.55. The van der Waals surface area contributed by atoms with Crippen molar-refractivity contribution in [1.29, 1.82) is 0 Å². The maximum absolute atomic E-state index is 13.8. The second-order valence-electron chi connectivity index (χ2n) is 8.91. The fourth-order valence-electron chi connectivity index (χ4n) is 4.55. The summed E-state index contributed by atoms with van der Waals surface area (Å²) in [6, 6.07) is 6.79. The predicted molar refractivity (Wildman–Crippen MR) is 125 cm³/mol. The minimum atomic E-state index is -4.65. The number of carbonyl (C=O) groups excluding carboxylic acids is 1. The first-order valence-electron chi connectivity index (χ1n) is 11.7. The van der Waals surface area contributed by atoms with Gasteiger partial charge in [-0.05, 0) is 49.9 Å². The lowest BCUT2D eigenvalue weighted by Gasteiger charge is -2.26. The van der Waals surface area contributed by atoms with Crippen molar-refractivity contribution < 1.29 is 27.8 Å². The summed E-state index contributed by atoms with van der Waals surface area (Å²) in [5, 5.41) is 17.1. The van der Waals surface area contributed by atoms with Gasteiger partial charge in [0.25, 0.3) is 5.91 Å². The third-order valence-electron chi connectivity index (χ3n) is 6.38. The van der Waals surface area contributed by atoms with Crippen molar-refractivity contribution in [1.82, 2.24) is 19.7 Å². The zero-order valence-corrected chi connectivity index (χ0v) is 19.3. The average molecular weight is 502 g/mol. The molecule has 36 heavy (non-hydrogen) atoms. The van der Waals surface area contributed by atoms with E-state index in [9.17, 15) is 23.1 Å². The molecule has 0 spiro atoms. The molecule has 1 saturated carbocycles. The van der Waals surface area contributed by atoms with Crippen molar-refractivity contribution in [2.24, 2.45) is 0 Å². The van der Waals surface area contributed by atoms with Crippen LogP contribution in [0, 0.1) is 0 Å². The highest BCUT2D eigenvalue weighted by molar-refractivity contribution is 5.95.